The zero-order chi connectivity index (χ0) is 8.67. The quantitative estimate of drug-likeness (QED) is 0.539. The molecule has 0 atom stereocenters. The molecular formula is C10H6N2S. The Bertz CT molecular complexity index is 521. The number of hydrogen-bond acceptors (Lipinski definition) is 3. The van der Waals surface area contributed by atoms with E-state index in [2.05, 4.69) is 33.9 Å². The fourth-order valence-electron chi connectivity index (χ4n) is 1.47. The Kier molecular flexibility index (Phi) is 1.34. The maximum absolute atomic E-state index is 4.04. The molecule has 3 rings (SSSR count). The summed E-state index contributed by atoms with van der Waals surface area (Å²) >= 11 is 1.44. The van der Waals surface area contributed by atoms with Gasteiger partial charge in [0.15, 0.2) is 0 Å². The van der Waals surface area contributed by atoms with Crippen molar-refractivity contribution in [3.05, 3.63) is 36.4 Å². The van der Waals surface area contributed by atoms with Crippen LogP contribution in [0.4, 0.5) is 0 Å². The summed E-state index contributed by atoms with van der Waals surface area (Å²) in [6, 6.07) is 12.5. The first-order chi connectivity index (χ1) is 6.43. The Hall–Kier alpha value is -1.48. The molecule has 0 unspecified atom stereocenters. The van der Waals surface area contributed by atoms with Gasteiger partial charge in [0, 0.05) is 0 Å². The third-order valence-electron chi connectivity index (χ3n) is 2.12. The van der Waals surface area contributed by atoms with Crippen molar-refractivity contribution >= 4 is 32.5 Å². The highest BCUT2D eigenvalue weighted by atomic mass is 32.1. The Labute approximate surface area is 79.0 Å². The molecule has 0 saturated heterocycles. The molecule has 62 valence electrons. The minimum absolute atomic E-state index is 0.990. The predicted molar refractivity (Wildman–Crippen MR) is 54.9 cm³/mol. The van der Waals surface area contributed by atoms with Crippen LogP contribution in [0.5, 0.6) is 0 Å². The molecule has 0 bridgehead atoms. The molecule has 0 aliphatic carbocycles. The molecule has 1 aromatic heterocycles. The van der Waals surface area contributed by atoms with Crippen molar-refractivity contribution < 1.29 is 0 Å². The second-order valence-corrected chi connectivity index (χ2v) is 3.73. The van der Waals surface area contributed by atoms with E-state index in [1.165, 1.54) is 22.3 Å². The van der Waals surface area contributed by atoms with Gasteiger partial charge in [-0.25, -0.2) is 0 Å². The van der Waals surface area contributed by atoms with E-state index >= 15 is 0 Å². The molecule has 0 spiro atoms. The fourth-order valence-corrected chi connectivity index (χ4v) is 2.06. The topological polar surface area (TPSA) is 25.8 Å². The normalized spacial score (nSPS) is 11.1. The van der Waals surface area contributed by atoms with Crippen LogP contribution in [0.1, 0.15) is 0 Å². The van der Waals surface area contributed by atoms with Crippen LogP contribution in [0.15, 0.2) is 36.4 Å². The van der Waals surface area contributed by atoms with Gasteiger partial charge in [0.05, 0.1) is 4.70 Å². The van der Waals surface area contributed by atoms with E-state index in [-0.39, 0.29) is 0 Å². The van der Waals surface area contributed by atoms with E-state index in [0.717, 1.165) is 10.2 Å². The molecule has 0 saturated carbocycles. The van der Waals surface area contributed by atoms with Crippen LogP contribution in [0.3, 0.4) is 0 Å². The van der Waals surface area contributed by atoms with Crippen LogP contribution in [0.25, 0.3) is 21.0 Å². The van der Waals surface area contributed by atoms with E-state index in [9.17, 15) is 0 Å². The molecule has 0 amide bonds. The van der Waals surface area contributed by atoms with Crippen molar-refractivity contribution in [2.75, 3.05) is 0 Å². The van der Waals surface area contributed by atoms with Crippen LogP contribution in [0, 0.1) is 0 Å². The lowest BCUT2D eigenvalue weighted by Gasteiger charge is -1.94. The second kappa shape index (κ2) is 2.50. The third kappa shape index (κ3) is 1.01. The van der Waals surface area contributed by atoms with Gasteiger partial charge in [0.1, 0.15) is 5.52 Å². The standard InChI is InChI=1S/C10H6N2S/c1-2-4-8-6-10-9(11-12-13-10)5-7(8)3-1/h1-6H. The van der Waals surface area contributed by atoms with Crippen molar-refractivity contribution in [3.8, 4) is 0 Å². The lowest BCUT2D eigenvalue weighted by Crippen LogP contribution is -1.72. The smallest absolute Gasteiger partial charge is 0.106 e. The van der Waals surface area contributed by atoms with Crippen LogP contribution >= 0.6 is 11.5 Å². The molecule has 2 nitrogen and oxygen atoms in total. The lowest BCUT2D eigenvalue weighted by molar-refractivity contribution is 1.20. The van der Waals surface area contributed by atoms with Gasteiger partial charge in [0.25, 0.3) is 0 Å². The van der Waals surface area contributed by atoms with Gasteiger partial charge in [-0.15, -0.1) is 5.10 Å². The van der Waals surface area contributed by atoms with Gasteiger partial charge in [0.2, 0.25) is 0 Å². The average Bonchev–Trinajstić information content (AvgIpc) is 2.61. The minimum Gasteiger partial charge on any atom is -0.138 e. The largest absolute Gasteiger partial charge is 0.138 e. The van der Waals surface area contributed by atoms with Crippen LogP contribution in [0.2, 0.25) is 0 Å². The second-order valence-electron chi connectivity index (χ2n) is 2.94. The van der Waals surface area contributed by atoms with E-state index in [4.69, 9.17) is 0 Å². The summed E-state index contributed by atoms with van der Waals surface area (Å²) in [4.78, 5) is 0. The molecule has 0 aliphatic rings. The first kappa shape index (κ1) is 6.97. The van der Waals surface area contributed by atoms with Gasteiger partial charge in [-0.1, -0.05) is 28.8 Å². The van der Waals surface area contributed by atoms with Gasteiger partial charge < -0.3 is 0 Å². The number of hydrogen-bond donors (Lipinski definition) is 0. The third-order valence-corrected chi connectivity index (χ3v) is 2.80. The number of rotatable bonds is 0. The summed E-state index contributed by atoms with van der Waals surface area (Å²) in [5.74, 6) is 0. The first-order valence-corrected chi connectivity index (χ1v) is 4.82. The van der Waals surface area contributed by atoms with Gasteiger partial charge in [-0.05, 0) is 34.4 Å². The molecular weight excluding hydrogens is 180 g/mol. The van der Waals surface area contributed by atoms with Gasteiger partial charge in [-0.3, -0.25) is 0 Å². The van der Waals surface area contributed by atoms with E-state index in [0.29, 0.717) is 0 Å². The number of benzene rings is 2. The molecule has 3 heteroatoms. The molecule has 1 heterocycles. The molecule has 13 heavy (non-hydrogen) atoms. The van der Waals surface area contributed by atoms with Crippen LogP contribution in [-0.2, 0) is 0 Å². The molecule has 2 aromatic carbocycles. The Morgan fingerprint density at radius 3 is 2.62 bits per heavy atom. The summed E-state index contributed by atoms with van der Waals surface area (Å²) in [7, 11) is 0. The predicted octanol–water partition coefficient (Wildman–Crippen LogP) is 2.84. The summed E-state index contributed by atoms with van der Waals surface area (Å²) in [6.07, 6.45) is 0. The summed E-state index contributed by atoms with van der Waals surface area (Å²) < 4.78 is 5.07. The maximum atomic E-state index is 4.04. The van der Waals surface area contributed by atoms with Gasteiger partial charge >= 0.3 is 0 Å². The molecule has 0 N–H and O–H groups in total. The summed E-state index contributed by atoms with van der Waals surface area (Å²) in [5.41, 5.74) is 0.990. The maximum Gasteiger partial charge on any atom is 0.106 e. The molecule has 0 radical (unpaired) electrons. The van der Waals surface area contributed by atoms with Crippen molar-refractivity contribution in [3.63, 3.8) is 0 Å². The average molecular weight is 186 g/mol. The minimum atomic E-state index is 0.990. The Morgan fingerprint density at radius 2 is 1.77 bits per heavy atom. The van der Waals surface area contributed by atoms with E-state index < -0.39 is 0 Å². The number of nitrogens with zero attached hydrogens (tertiary/aromatic N) is 2. The zero-order valence-corrected chi connectivity index (χ0v) is 7.58. The SMILES string of the molecule is c1ccc2cc3snnc3cc2c1. The Balaban J connectivity index is 2.57. The molecule has 0 fully saturated rings. The number of aromatic nitrogens is 2. The first-order valence-electron chi connectivity index (χ1n) is 4.04. The highest BCUT2D eigenvalue weighted by Crippen LogP contribution is 2.22. The molecule has 0 aliphatic heterocycles. The van der Waals surface area contributed by atoms with Crippen molar-refractivity contribution in [1.82, 2.24) is 9.59 Å². The van der Waals surface area contributed by atoms with E-state index in [1.54, 1.807) is 0 Å². The monoisotopic (exact) mass is 186 g/mol. The lowest BCUT2D eigenvalue weighted by atomic mass is 10.1. The Morgan fingerprint density at radius 1 is 1.00 bits per heavy atom. The van der Waals surface area contributed by atoms with Crippen molar-refractivity contribution in [1.29, 1.82) is 0 Å². The zero-order valence-electron chi connectivity index (χ0n) is 6.77. The van der Waals surface area contributed by atoms with E-state index in [1.807, 2.05) is 12.1 Å². The highest BCUT2D eigenvalue weighted by Gasteiger charge is 1.99. The van der Waals surface area contributed by atoms with Crippen molar-refractivity contribution in [2.45, 2.75) is 0 Å². The molecule has 3 aromatic rings. The fraction of sp³-hybridized carbons (Fsp3) is 0. The van der Waals surface area contributed by atoms with Crippen LogP contribution < -0.4 is 0 Å². The highest BCUT2D eigenvalue weighted by molar-refractivity contribution is 7.13. The van der Waals surface area contributed by atoms with Gasteiger partial charge in [-0.2, -0.15) is 0 Å². The number of fused-ring (bicyclic) bond motifs is 2. The van der Waals surface area contributed by atoms with Crippen molar-refractivity contribution in [2.24, 2.45) is 0 Å². The summed E-state index contributed by atoms with van der Waals surface area (Å²) in [5, 5.41) is 6.51. The summed E-state index contributed by atoms with van der Waals surface area (Å²) in [6.45, 7) is 0. The van der Waals surface area contributed by atoms with Crippen LogP contribution in [-0.4, -0.2) is 9.59 Å².